The van der Waals surface area contributed by atoms with E-state index in [1.54, 1.807) is 0 Å². The van der Waals surface area contributed by atoms with Gasteiger partial charge in [-0.05, 0) is 33.4 Å². The van der Waals surface area contributed by atoms with E-state index >= 15 is 9.59 Å². The SMILES string of the molecule is CC(=O)OC1[C@H](OC(C)=O)C(C(=O)OCC2O[C@@H](O[C@@H]3OC(COC(=O)C4O[C@@H](OC(C)=O)C(C)[C@@H](OC(C)=O)[C@H]4OC(C)=O)[C@H](OCc4ccccc4)C(OCc4ccccc4)C3OCc3ccccc3)C(OCc3ccccc3)[C@@H](OCc3ccccc3)[C@H]2OCc2ccccc2)O[C@H](OC(C)=O)[C@@H]1OC(C)=O. The fraction of sp³-hybridized carbons (Fsp3) is 0.444. The summed E-state index contributed by atoms with van der Waals surface area (Å²) in [6.45, 7) is 6.69. The third-order valence-corrected chi connectivity index (χ3v) is 17.8. The third-order valence-electron chi connectivity index (χ3n) is 17.8. The molecule has 0 radical (unpaired) electrons. The van der Waals surface area contributed by atoms with E-state index in [0.717, 1.165) is 48.5 Å². The minimum atomic E-state index is -2.09. The lowest BCUT2D eigenvalue weighted by Gasteiger charge is -2.49. The average Bonchev–Trinajstić information content (AvgIpc) is 0.776. The summed E-state index contributed by atoms with van der Waals surface area (Å²) in [6.07, 6.45) is -30.5. The smallest absolute Gasteiger partial charge is 0.339 e. The van der Waals surface area contributed by atoms with Crippen molar-refractivity contribution in [1.82, 2.24) is 0 Å². The van der Waals surface area contributed by atoms with Crippen LogP contribution in [-0.4, -0.2) is 184 Å². The van der Waals surface area contributed by atoms with Crippen LogP contribution in [0.3, 0.4) is 0 Å². The maximum absolute atomic E-state index is 15.2. The molecule has 4 saturated heterocycles. The molecule has 29 heteroatoms. The lowest BCUT2D eigenvalue weighted by Crippen LogP contribution is -2.66. The molecule has 0 N–H and O–H groups in total. The maximum atomic E-state index is 15.2. The molecule has 110 heavy (non-hydrogen) atoms. The van der Waals surface area contributed by atoms with Crippen molar-refractivity contribution in [3.05, 3.63) is 215 Å². The van der Waals surface area contributed by atoms with Crippen molar-refractivity contribution in [2.45, 2.75) is 212 Å². The Bertz CT molecular complexity index is 3950. The molecule has 0 aliphatic carbocycles. The van der Waals surface area contributed by atoms with Crippen molar-refractivity contribution >= 4 is 53.7 Å². The Morgan fingerprint density at radius 2 is 0.518 bits per heavy atom. The van der Waals surface area contributed by atoms with Crippen molar-refractivity contribution in [3.8, 4) is 0 Å². The van der Waals surface area contributed by atoms with Gasteiger partial charge >= 0.3 is 53.7 Å². The lowest BCUT2D eigenvalue weighted by atomic mass is 9.91. The van der Waals surface area contributed by atoms with Gasteiger partial charge in [0.25, 0.3) is 0 Å². The van der Waals surface area contributed by atoms with E-state index in [0.29, 0.717) is 33.4 Å². The first-order valence-electron chi connectivity index (χ1n) is 35.8. The fourth-order valence-electron chi connectivity index (χ4n) is 13.0. The molecule has 4 aliphatic heterocycles. The van der Waals surface area contributed by atoms with E-state index < -0.39 is 190 Å². The molecule has 6 aromatic rings. The van der Waals surface area contributed by atoms with Gasteiger partial charge in [0.1, 0.15) is 62.0 Å². The molecule has 0 bridgehead atoms. The summed E-state index contributed by atoms with van der Waals surface area (Å²) < 4.78 is 128. The second-order valence-electron chi connectivity index (χ2n) is 26.3. The Kier molecular flexibility index (Phi) is 30.6. The van der Waals surface area contributed by atoms with E-state index in [9.17, 15) is 33.6 Å². The molecule has 10 rings (SSSR count). The van der Waals surface area contributed by atoms with Crippen molar-refractivity contribution < 1.29 is 138 Å². The highest BCUT2D eigenvalue weighted by molar-refractivity contribution is 5.78. The Labute approximate surface area is 635 Å². The highest BCUT2D eigenvalue weighted by atomic mass is 16.8. The predicted molar refractivity (Wildman–Crippen MR) is 378 cm³/mol. The predicted octanol–water partition coefficient (Wildman–Crippen LogP) is 7.92. The molecular weight excluding hydrogens is 1440 g/mol. The second-order valence-corrected chi connectivity index (χ2v) is 26.3. The normalized spacial score (nSPS) is 27.8. The minimum Gasteiger partial charge on any atom is -0.461 e. The number of ether oxygens (including phenoxy) is 20. The quantitative estimate of drug-likeness (QED) is 0.0279. The van der Waals surface area contributed by atoms with Crippen LogP contribution in [-0.2, 0) is 178 Å². The molecule has 6 aromatic carbocycles. The number of carbonyl (C=O) groups excluding carboxylic acids is 9. The standard InChI is InChI=1S/C81H90O29/c1-47-63(99-48(2)82)68(100-49(3)83)71(108-78(47)104-53(7)87)76(89)97-45-61-64(91-39-55-27-15-9-16-28-55)66(93-41-57-31-19-11-20-32-57)73(95-43-59-35-23-13-24-36-59)79(106-61)110-80-74(96-44-60-37-25-14-26-38-60)67(94-42-58-33-21-12-22-34-58)65(92-40-56-29-17-10-18-30-56)62(107-80)46-98-77(90)72-69(101-50(4)84)70(102-51(5)85)75(103-52(6)86)81(109-72)105-54(8)88/h9-38,47,61-75,78-81H,39-46H2,1-8H3/t47?,61?,62?,63-,64+,65+,66?,67+,68-,69+,70?,71?,72?,73?,74?,75-,78-,79+,80+,81+/m1/s1. The molecular formula is C81H90O29. The number of hydrogen-bond acceptors (Lipinski definition) is 29. The van der Waals surface area contributed by atoms with Crippen molar-refractivity contribution in [2.24, 2.45) is 5.92 Å². The van der Waals surface area contributed by atoms with Crippen LogP contribution in [0, 0.1) is 5.92 Å². The molecule has 29 nitrogen and oxygen atoms in total. The van der Waals surface area contributed by atoms with Crippen molar-refractivity contribution in [1.29, 1.82) is 0 Å². The van der Waals surface area contributed by atoms with Crippen LogP contribution in [0.2, 0.25) is 0 Å². The molecule has 9 unspecified atom stereocenters. The van der Waals surface area contributed by atoms with Crippen LogP contribution in [0.15, 0.2) is 182 Å². The molecule has 20 atom stereocenters. The topological polar surface area (TPSA) is 338 Å². The highest BCUT2D eigenvalue weighted by Gasteiger charge is 2.59. The van der Waals surface area contributed by atoms with Gasteiger partial charge in [-0.1, -0.05) is 189 Å². The number of esters is 9. The lowest BCUT2D eigenvalue weighted by molar-refractivity contribution is -0.394. The highest BCUT2D eigenvalue weighted by Crippen LogP contribution is 2.39. The van der Waals surface area contributed by atoms with E-state index in [1.807, 2.05) is 182 Å². The van der Waals surface area contributed by atoms with Gasteiger partial charge in [0.15, 0.2) is 49.2 Å². The van der Waals surface area contributed by atoms with Gasteiger partial charge in [0.2, 0.25) is 18.7 Å². The molecule has 0 amide bonds. The Hall–Kier alpha value is -9.89. The molecule has 0 aromatic heterocycles. The first-order chi connectivity index (χ1) is 53.0. The monoisotopic (exact) mass is 1530 g/mol. The summed E-state index contributed by atoms with van der Waals surface area (Å²) in [4.78, 5) is 120. The van der Waals surface area contributed by atoms with E-state index in [4.69, 9.17) is 94.7 Å². The van der Waals surface area contributed by atoms with Crippen LogP contribution < -0.4 is 0 Å². The van der Waals surface area contributed by atoms with E-state index in [2.05, 4.69) is 0 Å². The van der Waals surface area contributed by atoms with E-state index in [1.165, 1.54) is 6.92 Å². The zero-order chi connectivity index (χ0) is 78.2. The van der Waals surface area contributed by atoms with Gasteiger partial charge in [-0.25, -0.2) is 9.59 Å². The average molecular weight is 1530 g/mol. The summed E-state index contributed by atoms with van der Waals surface area (Å²) in [6, 6.07) is 54.9. The number of carbonyl (C=O) groups is 9. The van der Waals surface area contributed by atoms with Gasteiger partial charge in [0, 0.05) is 48.5 Å². The molecule has 4 fully saturated rings. The Balaban J connectivity index is 1.11. The number of benzene rings is 6. The minimum absolute atomic E-state index is 0.0863. The first-order valence-corrected chi connectivity index (χ1v) is 35.8. The van der Waals surface area contributed by atoms with Gasteiger partial charge in [0.05, 0.1) is 45.6 Å². The third kappa shape index (κ3) is 23.6. The molecule has 0 saturated carbocycles. The first kappa shape index (κ1) is 82.6. The maximum Gasteiger partial charge on any atom is 0.339 e. The Morgan fingerprint density at radius 3 is 0.836 bits per heavy atom. The number of hydrogen-bond donors (Lipinski definition) is 0. The molecule has 4 heterocycles. The summed E-state index contributed by atoms with van der Waals surface area (Å²) in [7, 11) is 0. The van der Waals surface area contributed by atoms with Crippen LogP contribution in [0.5, 0.6) is 0 Å². The van der Waals surface area contributed by atoms with Crippen LogP contribution in [0.4, 0.5) is 0 Å². The zero-order valence-corrected chi connectivity index (χ0v) is 61.9. The second kappa shape index (κ2) is 40.7. The summed E-state index contributed by atoms with van der Waals surface area (Å²) >= 11 is 0. The Morgan fingerprint density at radius 1 is 0.264 bits per heavy atom. The van der Waals surface area contributed by atoms with Crippen LogP contribution in [0.1, 0.15) is 88.8 Å². The zero-order valence-electron chi connectivity index (χ0n) is 61.9. The number of rotatable bonds is 33. The summed E-state index contributed by atoms with van der Waals surface area (Å²) in [5.41, 5.74) is 4.18. The van der Waals surface area contributed by atoms with Gasteiger partial charge in [-0.2, -0.15) is 0 Å². The van der Waals surface area contributed by atoms with Gasteiger partial charge < -0.3 is 94.7 Å². The summed E-state index contributed by atoms with van der Waals surface area (Å²) in [5, 5.41) is 0. The molecule has 588 valence electrons. The van der Waals surface area contributed by atoms with Gasteiger partial charge in [-0.3, -0.25) is 33.6 Å². The molecule has 0 spiro atoms. The van der Waals surface area contributed by atoms with Crippen LogP contribution >= 0.6 is 0 Å². The van der Waals surface area contributed by atoms with E-state index in [-0.39, 0.29) is 39.6 Å². The summed E-state index contributed by atoms with van der Waals surface area (Å²) in [5.74, 6) is -9.95. The van der Waals surface area contributed by atoms with Gasteiger partial charge in [-0.15, -0.1) is 0 Å². The molecule has 4 aliphatic rings. The fourth-order valence-corrected chi connectivity index (χ4v) is 13.0. The largest absolute Gasteiger partial charge is 0.461 e. The van der Waals surface area contributed by atoms with Crippen molar-refractivity contribution in [3.63, 3.8) is 0 Å². The van der Waals surface area contributed by atoms with Crippen molar-refractivity contribution in [2.75, 3.05) is 13.2 Å². The van der Waals surface area contributed by atoms with Crippen LogP contribution in [0.25, 0.3) is 0 Å².